The Morgan fingerprint density at radius 1 is 1.44 bits per heavy atom. The fourth-order valence-corrected chi connectivity index (χ4v) is 3.31. The number of halogens is 1. The number of nitrogens with two attached hydrogens (primary N) is 1. The Morgan fingerprint density at radius 2 is 2.28 bits per heavy atom. The third-order valence-electron chi connectivity index (χ3n) is 2.40. The van der Waals surface area contributed by atoms with Gasteiger partial charge in [-0.3, -0.25) is 9.78 Å². The molecule has 4 nitrogen and oxygen atoms in total. The molecule has 2 aromatic heterocycles. The highest BCUT2D eigenvalue weighted by Gasteiger charge is 2.07. The van der Waals surface area contributed by atoms with Crippen molar-refractivity contribution in [1.82, 2.24) is 4.98 Å². The summed E-state index contributed by atoms with van der Waals surface area (Å²) in [4.78, 5) is 16.4. The van der Waals surface area contributed by atoms with Crippen LogP contribution >= 0.6 is 33.9 Å². The highest BCUT2D eigenvalue weighted by molar-refractivity contribution is 14.1. The Balaban J connectivity index is 1.96. The molecule has 94 valence electrons. The van der Waals surface area contributed by atoms with Crippen LogP contribution in [0.4, 0.5) is 5.69 Å². The maximum atomic E-state index is 11.2. The third-order valence-corrected chi connectivity index (χ3v) is 4.36. The number of pyridine rings is 1. The maximum Gasteiger partial charge on any atom is 0.252 e. The van der Waals surface area contributed by atoms with Crippen LogP contribution in [0.15, 0.2) is 30.6 Å². The highest BCUT2D eigenvalue weighted by Crippen LogP contribution is 2.19. The number of hydrogen-bond acceptors (Lipinski definition) is 4. The van der Waals surface area contributed by atoms with E-state index in [1.807, 2.05) is 0 Å². The van der Waals surface area contributed by atoms with E-state index in [0.717, 1.165) is 18.7 Å². The van der Waals surface area contributed by atoms with Crippen LogP contribution in [0.1, 0.15) is 15.2 Å². The van der Waals surface area contributed by atoms with Crippen LogP contribution in [0.5, 0.6) is 0 Å². The quantitative estimate of drug-likeness (QED) is 0.792. The summed E-state index contributed by atoms with van der Waals surface area (Å²) in [6.45, 7) is 0.765. The molecule has 0 fully saturated rings. The Morgan fingerprint density at radius 3 is 2.94 bits per heavy atom. The number of nitrogens with zero attached hydrogens (tertiary/aromatic N) is 1. The molecule has 0 saturated carbocycles. The number of primary amides is 1. The summed E-state index contributed by atoms with van der Waals surface area (Å²) < 4.78 is 1.28. The van der Waals surface area contributed by atoms with Crippen molar-refractivity contribution in [3.8, 4) is 0 Å². The van der Waals surface area contributed by atoms with E-state index in [-0.39, 0.29) is 0 Å². The van der Waals surface area contributed by atoms with Crippen molar-refractivity contribution in [2.24, 2.45) is 5.73 Å². The van der Waals surface area contributed by atoms with E-state index in [0.29, 0.717) is 5.56 Å². The molecule has 0 saturated heterocycles. The molecular formula is C12H12IN3OS. The molecule has 3 N–H and O–H groups in total. The molecule has 0 atom stereocenters. The number of nitrogens with one attached hydrogen (secondary N) is 1. The Labute approximate surface area is 123 Å². The second-order valence-corrected chi connectivity index (χ2v) is 6.73. The van der Waals surface area contributed by atoms with Crippen LogP contribution in [0.2, 0.25) is 0 Å². The minimum atomic E-state index is -0.462. The van der Waals surface area contributed by atoms with Gasteiger partial charge in [-0.15, -0.1) is 11.3 Å². The van der Waals surface area contributed by atoms with Crippen molar-refractivity contribution in [1.29, 1.82) is 0 Å². The molecule has 1 amide bonds. The van der Waals surface area contributed by atoms with E-state index in [9.17, 15) is 4.79 Å². The number of rotatable bonds is 5. The third kappa shape index (κ3) is 3.42. The second kappa shape index (κ2) is 6.14. The predicted octanol–water partition coefficient (Wildman–Crippen LogP) is 2.50. The number of hydrogen-bond donors (Lipinski definition) is 2. The molecule has 2 heterocycles. The number of amides is 1. The smallest absolute Gasteiger partial charge is 0.252 e. The largest absolute Gasteiger partial charge is 0.384 e. The summed E-state index contributed by atoms with van der Waals surface area (Å²) in [5.74, 6) is -0.462. The summed E-state index contributed by atoms with van der Waals surface area (Å²) in [5.41, 5.74) is 6.45. The van der Waals surface area contributed by atoms with Gasteiger partial charge in [0.1, 0.15) is 0 Å². The van der Waals surface area contributed by atoms with Gasteiger partial charge in [-0.05, 0) is 47.2 Å². The Hall–Kier alpha value is -1.15. The molecule has 0 aliphatic rings. The van der Waals surface area contributed by atoms with Crippen molar-refractivity contribution in [3.63, 3.8) is 0 Å². The van der Waals surface area contributed by atoms with Gasteiger partial charge in [0.15, 0.2) is 0 Å². The summed E-state index contributed by atoms with van der Waals surface area (Å²) in [6, 6.07) is 5.98. The Kier molecular flexibility index (Phi) is 4.54. The van der Waals surface area contributed by atoms with Gasteiger partial charge < -0.3 is 11.1 Å². The number of carbonyl (C=O) groups excluding carboxylic acids is 1. The first-order valence-electron chi connectivity index (χ1n) is 5.38. The highest BCUT2D eigenvalue weighted by atomic mass is 127. The normalized spacial score (nSPS) is 10.3. The van der Waals surface area contributed by atoms with Gasteiger partial charge in [-0.2, -0.15) is 0 Å². The number of carbonyl (C=O) groups is 1. The minimum absolute atomic E-state index is 0.429. The van der Waals surface area contributed by atoms with Crippen molar-refractivity contribution < 1.29 is 4.79 Å². The van der Waals surface area contributed by atoms with Gasteiger partial charge in [0, 0.05) is 23.8 Å². The maximum absolute atomic E-state index is 11.2. The van der Waals surface area contributed by atoms with Crippen molar-refractivity contribution in [2.45, 2.75) is 6.42 Å². The summed E-state index contributed by atoms with van der Waals surface area (Å²) >= 11 is 4.08. The second-order valence-electron chi connectivity index (χ2n) is 3.67. The van der Waals surface area contributed by atoms with Crippen molar-refractivity contribution in [2.75, 3.05) is 11.9 Å². The number of aromatic nitrogens is 1. The molecule has 0 spiro atoms. The van der Waals surface area contributed by atoms with Gasteiger partial charge in [-0.1, -0.05) is 0 Å². The molecule has 18 heavy (non-hydrogen) atoms. The molecule has 0 bridgehead atoms. The summed E-state index contributed by atoms with van der Waals surface area (Å²) in [7, 11) is 0. The molecule has 0 aliphatic heterocycles. The van der Waals surface area contributed by atoms with Crippen LogP contribution in [0.3, 0.4) is 0 Å². The summed E-state index contributed by atoms with van der Waals surface area (Å²) in [5, 5.41) is 3.22. The van der Waals surface area contributed by atoms with E-state index < -0.39 is 5.91 Å². The van der Waals surface area contributed by atoms with Gasteiger partial charge in [-0.25, -0.2) is 0 Å². The Bertz CT molecular complexity index is 556. The van der Waals surface area contributed by atoms with E-state index in [1.54, 1.807) is 23.6 Å². The zero-order valence-corrected chi connectivity index (χ0v) is 12.5. The standard InChI is InChI=1S/C12H12IN3OS/c13-11-2-1-8(18-11)3-6-16-10-4-5-15-7-9(10)12(14)17/h1-2,4-5,7H,3,6H2,(H2,14,17)(H,15,16). The summed E-state index contributed by atoms with van der Waals surface area (Å²) in [6.07, 6.45) is 4.05. The lowest BCUT2D eigenvalue weighted by atomic mass is 10.2. The first-order chi connectivity index (χ1) is 8.66. The lowest BCUT2D eigenvalue weighted by Gasteiger charge is -2.08. The molecule has 0 unspecified atom stereocenters. The van der Waals surface area contributed by atoms with Crippen LogP contribution < -0.4 is 11.1 Å². The van der Waals surface area contributed by atoms with Crippen molar-refractivity contribution in [3.05, 3.63) is 43.9 Å². The van der Waals surface area contributed by atoms with Gasteiger partial charge in [0.05, 0.1) is 14.1 Å². The first-order valence-corrected chi connectivity index (χ1v) is 7.28. The first kappa shape index (κ1) is 13.3. The topological polar surface area (TPSA) is 68.0 Å². The average Bonchev–Trinajstić information content (AvgIpc) is 2.75. The van der Waals surface area contributed by atoms with Crippen LogP contribution in [-0.4, -0.2) is 17.4 Å². The van der Waals surface area contributed by atoms with E-state index >= 15 is 0 Å². The fourth-order valence-electron chi connectivity index (χ4n) is 1.55. The van der Waals surface area contributed by atoms with Crippen LogP contribution in [0, 0.1) is 2.88 Å². The monoisotopic (exact) mass is 373 g/mol. The molecule has 0 radical (unpaired) electrons. The minimum Gasteiger partial charge on any atom is -0.384 e. The molecule has 0 aromatic carbocycles. The molecular weight excluding hydrogens is 361 g/mol. The van der Waals surface area contributed by atoms with E-state index in [4.69, 9.17) is 5.73 Å². The van der Waals surface area contributed by atoms with Gasteiger partial charge in [0.25, 0.3) is 5.91 Å². The molecule has 0 aliphatic carbocycles. The molecule has 2 aromatic rings. The van der Waals surface area contributed by atoms with Crippen molar-refractivity contribution >= 4 is 45.5 Å². The number of anilines is 1. The van der Waals surface area contributed by atoms with E-state index in [1.165, 1.54) is 14.0 Å². The van der Waals surface area contributed by atoms with Gasteiger partial charge >= 0.3 is 0 Å². The average molecular weight is 373 g/mol. The van der Waals surface area contributed by atoms with Gasteiger partial charge in [0.2, 0.25) is 0 Å². The fraction of sp³-hybridized carbons (Fsp3) is 0.167. The van der Waals surface area contributed by atoms with E-state index in [2.05, 4.69) is 45.0 Å². The molecule has 2 rings (SSSR count). The zero-order chi connectivity index (χ0) is 13.0. The lowest BCUT2D eigenvalue weighted by Crippen LogP contribution is -2.15. The zero-order valence-electron chi connectivity index (χ0n) is 9.52. The molecule has 6 heteroatoms. The predicted molar refractivity (Wildman–Crippen MR) is 82.0 cm³/mol. The SMILES string of the molecule is NC(=O)c1cnccc1NCCc1ccc(I)s1. The van der Waals surface area contributed by atoms with Crippen LogP contribution in [0.25, 0.3) is 0 Å². The lowest BCUT2D eigenvalue weighted by molar-refractivity contribution is 0.100. The van der Waals surface area contributed by atoms with Crippen LogP contribution in [-0.2, 0) is 6.42 Å². The number of thiophene rings is 1.